The Kier molecular flexibility index (Phi) is 8.88. The fourth-order valence-electron chi connectivity index (χ4n) is 9.77. The van der Waals surface area contributed by atoms with Gasteiger partial charge in [-0.2, -0.15) is 10.2 Å². The second-order valence-electron chi connectivity index (χ2n) is 15.5. The number of hydrogen-bond donors (Lipinski definition) is 1. The Morgan fingerprint density at radius 3 is 1.95 bits per heavy atom. The minimum absolute atomic E-state index is 0.0739. The van der Waals surface area contributed by atoms with E-state index < -0.39 is 35.0 Å². The van der Waals surface area contributed by atoms with Crippen LogP contribution in [0.15, 0.2) is 161 Å². The van der Waals surface area contributed by atoms with Crippen LogP contribution in [0.4, 0.5) is 22.7 Å². The summed E-state index contributed by atoms with van der Waals surface area (Å²) in [5.74, 6) is -4.22. The van der Waals surface area contributed by atoms with Crippen LogP contribution in [0.1, 0.15) is 35.4 Å². The molecule has 1 saturated carbocycles. The van der Waals surface area contributed by atoms with E-state index in [9.17, 15) is 14.7 Å². The molecule has 9 rings (SSSR count). The predicted octanol–water partition coefficient (Wildman–Crippen LogP) is 8.90. The molecule has 0 unspecified atom stereocenters. The van der Waals surface area contributed by atoms with E-state index in [4.69, 9.17) is 0 Å². The van der Waals surface area contributed by atoms with Gasteiger partial charge >= 0.3 is 0 Å². The molecule has 5 aromatic rings. The van der Waals surface area contributed by atoms with Crippen LogP contribution in [-0.4, -0.2) is 42.6 Å². The van der Waals surface area contributed by atoms with E-state index in [-0.39, 0.29) is 35.6 Å². The van der Waals surface area contributed by atoms with Gasteiger partial charge in [-0.05, 0) is 102 Å². The predicted molar refractivity (Wildman–Crippen MR) is 219 cm³/mol. The van der Waals surface area contributed by atoms with E-state index in [0.29, 0.717) is 34.6 Å². The molecule has 57 heavy (non-hydrogen) atoms. The number of fused-ring (bicyclic) bond motifs is 4. The third-order valence-corrected chi connectivity index (χ3v) is 12.4. The molecule has 0 aromatic heterocycles. The van der Waals surface area contributed by atoms with Crippen LogP contribution in [0.3, 0.4) is 0 Å². The maximum absolute atomic E-state index is 15.1. The highest BCUT2D eigenvalue weighted by Crippen LogP contribution is 2.63. The standard InChI is InChI=1S/C48H40N4O5/c1-51(2)34-19-15-32(16-20-34)49-50-33-17-21-35(22-18-33)52-46(56)38-26-25-37-40(43(38)47(52)57)27-41-45(55)39(29-9-5-3-6-10-29)28-42(54)48(41,31-11-7-4-8-12-31)44(37)30-13-23-36(53)24-14-30/h3-25,28,38,40-41,43-44,53H,26-27H2,1-2H3/t38-,40+,41-,43-,44-,48-/m0/s1. The van der Waals surface area contributed by atoms with E-state index in [1.165, 1.54) is 11.0 Å². The van der Waals surface area contributed by atoms with Gasteiger partial charge in [0.15, 0.2) is 11.6 Å². The Labute approximate surface area is 330 Å². The minimum Gasteiger partial charge on any atom is -0.508 e. The summed E-state index contributed by atoms with van der Waals surface area (Å²) in [4.78, 5) is 62.5. The highest BCUT2D eigenvalue weighted by molar-refractivity contribution is 6.32. The highest BCUT2D eigenvalue weighted by atomic mass is 16.3. The SMILES string of the molecule is CN(C)c1ccc(N=Nc2ccc(N3C(=O)[C@H]4[C@H](CC=C5[C@H]4C[C@H]4C(=O)C(c6ccccc6)=CC(=O)[C@@]4(c4ccccc4)[C@H]5c4ccc(O)cc4)C3=O)cc2)cc1. The van der Waals surface area contributed by atoms with Gasteiger partial charge in [0.25, 0.3) is 0 Å². The lowest BCUT2D eigenvalue weighted by Crippen LogP contribution is -2.58. The van der Waals surface area contributed by atoms with Crippen LogP contribution >= 0.6 is 0 Å². The lowest BCUT2D eigenvalue weighted by Gasteiger charge is -2.55. The van der Waals surface area contributed by atoms with Crippen molar-refractivity contribution in [1.82, 2.24) is 0 Å². The first-order valence-corrected chi connectivity index (χ1v) is 19.2. The smallest absolute Gasteiger partial charge is 0.238 e. The molecule has 9 heteroatoms. The van der Waals surface area contributed by atoms with Crippen molar-refractivity contribution in [3.05, 3.63) is 168 Å². The molecule has 1 N–H and O–H groups in total. The van der Waals surface area contributed by atoms with E-state index in [2.05, 4.69) is 10.2 Å². The van der Waals surface area contributed by atoms with Crippen molar-refractivity contribution in [2.24, 2.45) is 33.9 Å². The molecule has 0 radical (unpaired) electrons. The molecule has 2 amide bonds. The molecule has 1 saturated heterocycles. The normalized spacial score (nSPS) is 25.4. The number of ketones is 2. The summed E-state index contributed by atoms with van der Waals surface area (Å²) in [6.45, 7) is 0. The quantitative estimate of drug-likeness (QED) is 0.101. The molecule has 0 spiro atoms. The number of phenolic OH excluding ortho intramolecular Hbond substituents is 1. The number of aromatic hydroxyl groups is 1. The zero-order chi connectivity index (χ0) is 39.4. The Morgan fingerprint density at radius 1 is 0.702 bits per heavy atom. The summed E-state index contributed by atoms with van der Waals surface area (Å²) in [7, 11) is 3.94. The molecule has 2 fully saturated rings. The lowest BCUT2D eigenvalue weighted by atomic mass is 9.44. The van der Waals surface area contributed by atoms with Crippen LogP contribution in [0.5, 0.6) is 5.75 Å². The summed E-state index contributed by atoms with van der Waals surface area (Å²) in [5, 5.41) is 19.1. The van der Waals surface area contributed by atoms with Crippen LogP contribution < -0.4 is 9.80 Å². The molecule has 4 aliphatic rings. The maximum Gasteiger partial charge on any atom is 0.238 e. The third kappa shape index (κ3) is 5.84. The number of hydrogen-bond acceptors (Lipinski definition) is 8. The Bertz CT molecular complexity index is 2490. The van der Waals surface area contributed by atoms with Crippen molar-refractivity contribution in [2.75, 3.05) is 23.9 Å². The van der Waals surface area contributed by atoms with Gasteiger partial charge in [0, 0.05) is 37.2 Å². The molecule has 5 aromatic carbocycles. The van der Waals surface area contributed by atoms with Crippen molar-refractivity contribution >= 4 is 51.7 Å². The molecule has 6 atom stereocenters. The third-order valence-electron chi connectivity index (χ3n) is 12.4. The first-order chi connectivity index (χ1) is 27.7. The highest BCUT2D eigenvalue weighted by Gasteiger charge is 2.66. The number of carbonyl (C=O) groups is 4. The van der Waals surface area contributed by atoms with Crippen molar-refractivity contribution in [3.8, 4) is 5.75 Å². The Morgan fingerprint density at radius 2 is 1.32 bits per heavy atom. The summed E-state index contributed by atoms with van der Waals surface area (Å²) >= 11 is 0. The van der Waals surface area contributed by atoms with Gasteiger partial charge in [-0.15, -0.1) is 0 Å². The average molecular weight is 753 g/mol. The first kappa shape index (κ1) is 35.9. The number of carbonyl (C=O) groups excluding carboxylic acids is 4. The largest absolute Gasteiger partial charge is 0.508 e. The fraction of sp³-hybridized carbons (Fsp3) is 0.208. The average Bonchev–Trinajstić information content (AvgIpc) is 3.50. The molecule has 282 valence electrons. The van der Waals surface area contributed by atoms with Crippen molar-refractivity contribution in [2.45, 2.75) is 24.2 Å². The fourth-order valence-corrected chi connectivity index (χ4v) is 9.77. The number of Topliss-reactive ketones (excluding diaryl/α,β-unsaturated/α-hetero) is 1. The summed E-state index contributed by atoms with van der Waals surface area (Å²) in [5.41, 5.74) is 4.77. The number of nitrogens with zero attached hydrogens (tertiary/aromatic N) is 4. The number of amides is 2. The number of allylic oxidation sites excluding steroid dienone is 4. The number of imide groups is 1. The number of rotatable bonds is 7. The monoisotopic (exact) mass is 752 g/mol. The molecular weight excluding hydrogens is 713 g/mol. The zero-order valence-corrected chi connectivity index (χ0v) is 31.5. The van der Waals surface area contributed by atoms with Crippen LogP contribution in [0.25, 0.3) is 5.57 Å². The van der Waals surface area contributed by atoms with Crippen molar-refractivity contribution < 1.29 is 24.3 Å². The number of benzene rings is 5. The lowest BCUT2D eigenvalue weighted by molar-refractivity contribution is -0.135. The number of anilines is 2. The number of azo groups is 1. The molecular formula is C48H40N4O5. The van der Waals surface area contributed by atoms with Gasteiger partial charge in [0.1, 0.15) is 5.75 Å². The summed E-state index contributed by atoms with van der Waals surface area (Å²) in [6.07, 6.45) is 4.08. The van der Waals surface area contributed by atoms with Gasteiger partial charge in [-0.1, -0.05) is 84.4 Å². The van der Waals surface area contributed by atoms with E-state index in [0.717, 1.165) is 22.4 Å². The van der Waals surface area contributed by atoms with Crippen molar-refractivity contribution in [3.63, 3.8) is 0 Å². The summed E-state index contributed by atoms with van der Waals surface area (Å²) in [6, 6.07) is 40.1. The topological polar surface area (TPSA) is 120 Å². The second-order valence-corrected chi connectivity index (χ2v) is 15.5. The van der Waals surface area contributed by atoms with E-state index in [1.54, 1.807) is 48.5 Å². The minimum atomic E-state index is -1.33. The van der Waals surface area contributed by atoms with E-state index in [1.807, 2.05) is 110 Å². The van der Waals surface area contributed by atoms with Crippen LogP contribution in [0.2, 0.25) is 0 Å². The molecule has 1 heterocycles. The van der Waals surface area contributed by atoms with Crippen LogP contribution in [-0.2, 0) is 24.6 Å². The van der Waals surface area contributed by atoms with E-state index >= 15 is 9.59 Å². The second kappa shape index (κ2) is 14.1. The van der Waals surface area contributed by atoms with Gasteiger partial charge in [-0.3, -0.25) is 24.1 Å². The zero-order valence-electron chi connectivity index (χ0n) is 31.5. The molecule has 0 bridgehead atoms. The van der Waals surface area contributed by atoms with Gasteiger partial charge in [-0.25, -0.2) is 0 Å². The molecule has 3 aliphatic carbocycles. The number of phenols is 1. The molecule has 1 aliphatic heterocycles. The Balaban J connectivity index is 1.11. The van der Waals surface area contributed by atoms with Gasteiger partial charge in [0.2, 0.25) is 11.8 Å². The van der Waals surface area contributed by atoms with Gasteiger partial charge < -0.3 is 10.0 Å². The van der Waals surface area contributed by atoms with Crippen molar-refractivity contribution in [1.29, 1.82) is 0 Å². The van der Waals surface area contributed by atoms with Crippen LogP contribution in [0, 0.1) is 23.7 Å². The maximum atomic E-state index is 15.1. The Hall–Kier alpha value is -6.74. The summed E-state index contributed by atoms with van der Waals surface area (Å²) < 4.78 is 0. The first-order valence-electron chi connectivity index (χ1n) is 19.2. The molecule has 9 nitrogen and oxygen atoms in total. The van der Waals surface area contributed by atoms with Gasteiger partial charge in [0.05, 0.1) is 34.3 Å².